The van der Waals surface area contributed by atoms with Crippen LogP contribution in [0.25, 0.3) is 0 Å². The van der Waals surface area contributed by atoms with Crippen LogP contribution in [0.4, 0.5) is 4.79 Å². The van der Waals surface area contributed by atoms with Gasteiger partial charge in [0.1, 0.15) is 18.7 Å². The molecule has 34 heavy (non-hydrogen) atoms. The molecule has 0 heterocycles. The van der Waals surface area contributed by atoms with Crippen molar-refractivity contribution >= 4 is 23.8 Å². The van der Waals surface area contributed by atoms with E-state index in [1.54, 1.807) is 0 Å². The second-order valence-electron chi connectivity index (χ2n) is 8.04. The topological polar surface area (TPSA) is 144 Å². The van der Waals surface area contributed by atoms with Crippen molar-refractivity contribution in [1.29, 1.82) is 0 Å². The number of ether oxygens (including phenoxy) is 3. The van der Waals surface area contributed by atoms with Gasteiger partial charge in [0.2, 0.25) is 17.7 Å². The standard InChI is InChI=1S/C23H36N4O7/c1-15(2)11-18(27-23(31)34-14-17-9-7-6-8-10-17)22(30)26-16(3)21(29)25-12-19(28)24-13-20(32-4)33-5/h6-10,15-16,18,20H,11-14H2,1-5H3,(H,24,28)(H,25,29)(H,26,30)(H,27,31)/t16-,18-/m0/s1. The van der Waals surface area contributed by atoms with Crippen molar-refractivity contribution in [2.75, 3.05) is 27.3 Å². The molecule has 0 spiro atoms. The van der Waals surface area contributed by atoms with Gasteiger partial charge < -0.3 is 35.5 Å². The van der Waals surface area contributed by atoms with Crippen LogP contribution in [-0.4, -0.2) is 69.5 Å². The van der Waals surface area contributed by atoms with E-state index < -0.39 is 42.2 Å². The number of amides is 4. The van der Waals surface area contributed by atoms with Gasteiger partial charge in [-0.05, 0) is 24.8 Å². The maximum Gasteiger partial charge on any atom is 0.408 e. The van der Waals surface area contributed by atoms with E-state index in [1.807, 2.05) is 44.2 Å². The predicted molar refractivity (Wildman–Crippen MR) is 124 cm³/mol. The molecule has 11 nitrogen and oxygen atoms in total. The molecule has 0 radical (unpaired) electrons. The Balaban J connectivity index is 2.52. The van der Waals surface area contributed by atoms with Crippen LogP contribution < -0.4 is 21.3 Å². The first-order valence-corrected chi connectivity index (χ1v) is 11.0. The Kier molecular flexibility index (Phi) is 13.3. The molecule has 0 aromatic heterocycles. The van der Waals surface area contributed by atoms with E-state index in [9.17, 15) is 19.2 Å². The van der Waals surface area contributed by atoms with Gasteiger partial charge in [-0.25, -0.2) is 4.79 Å². The third-order valence-electron chi connectivity index (χ3n) is 4.70. The Morgan fingerprint density at radius 2 is 1.53 bits per heavy atom. The third-order valence-corrected chi connectivity index (χ3v) is 4.70. The molecule has 0 aliphatic carbocycles. The van der Waals surface area contributed by atoms with Crippen molar-refractivity contribution in [2.24, 2.45) is 5.92 Å². The maximum absolute atomic E-state index is 12.7. The molecule has 2 atom stereocenters. The predicted octanol–water partition coefficient (Wildman–Crippen LogP) is 0.684. The van der Waals surface area contributed by atoms with Gasteiger partial charge in [0.15, 0.2) is 6.29 Å². The first-order valence-electron chi connectivity index (χ1n) is 11.0. The molecule has 0 fully saturated rings. The Labute approximate surface area is 200 Å². The summed E-state index contributed by atoms with van der Waals surface area (Å²) < 4.78 is 15.1. The number of hydrogen-bond donors (Lipinski definition) is 4. The summed E-state index contributed by atoms with van der Waals surface area (Å²) in [7, 11) is 2.88. The zero-order chi connectivity index (χ0) is 25.5. The van der Waals surface area contributed by atoms with Gasteiger partial charge in [-0.15, -0.1) is 0 Å². The molecule has 1 aromatic rings. The summed E-state index contributed by atoms with van der Waals surface area (Å²) in [5.74, 6) is -1.42. The van der Waals surface area contributed by atoms with Crippen molar-refractivity contribution in [3.05, 3.63) is 35.9 Å². The summed E-state index contributed by atoms with van der Waals surface area (Å²) in [6, 6.07) is 7.34. The Bertz CT molecular complexity index is 785. The van der Waals surface area contributed by atoms with Gasteiger partial charge in [0, 0.05) is 14.2 Å². The third kappa shape index (κ3) is 11.6. The average Bonchev–Trinajstić information content (AvgIpc) is 2.81. The molecule has 0 bridgehead atoms. The van der Waals surface area contributed by atoms with Crippen LogP contribution in [0.1, 0.15) is 32.8 Å². The van der Waals surface area contributed by atoms with E-state index in [4.69, 9.17) is 14.2 Å². The van der Waals surface area contributed by atoms with Crippen molar-refractivity contribution < 1.29 is 33.4 Å². The fourth-order valence-electron chi connectivity index (χ4n) is 2.83. The molecule has 0 saturated heterocycles. The molecule has 1 rings (SSSR count). The zero-order valence-electron chi connectivity index (χ0n) is 20.4. The van der Waals surface area contributed by atoms with E-state index in [1.165, 1.54) is 21.1 Å². The van der Waals surface area contributed by atoms with E-state index in [2.05, 4.69) is 21.3 Å². The number of rotatable bonds is 14. The maximum atomic E-state index is 12.7. The van der Waals surface area contributed by atoms with Gasteiger partial charge in [-0.1, -0.05) is 44.2 Å². The molecule has 0 unspecified atom stereocenters. The largest absolute Gasteiger partial charge is 0.445 e. The Hall–Kier alpha value is -3.18. The quantitative estimate of drug-likeness (QED) is 0.287. The second kappa shape index (κ2) is 15.6. The lowest BCUT2D eigenvalue weighted by atomic mass is 10.0. The summed E-state index contributed by atoms with van der Waals surface area (Å²) in [5, 5.41) is 10.1. The number of hydrogen-bond acceptors (Lipinski definition) is 7. The van der Waals surface area contributed by atoms with Gasteiger partial charge in [-0.3, -0.25) is 14.4 Å². The van der Waals surface area contributed by atoms with Gasteiger partial charge in [-0.2, -0.15) is 0 Å². The second-order valence-corrected chi connectivity index (χ2v) is 8.04. The lowest BCUT2D eigenvalue weighted by Crippen LogP contribution is -2.54. The normalized spacial score (nSPS) is 12.6. The molecule has 0 saturated carbocycles. The summed E-state index contributed by atoms with van der Waals surface area (Å²) in [5.41, 5.74) is 0.816. The van der Waals surface area contributed by atoms with Crippen LogP contribution >= 0.6 is 0 Å². The van der Waals surface area contributed by atoms with Crippen molar-refractivity contribution in [3.8, 4) is 0 Å². The van der Waals surface area contributed by atoms with Gasteiger partial charge in [0.25, 0.3) is 0 Å². The minimum absolute atomic E-state index is 0.0685. The summed E-state index contributed by atoms with van der Waals surface area (Å²) in [4.78, 5) is 49.1. The number of alkyl carbamates (subject to hydrolysis) is 1. The highest BCUT2D eigenvalue weighted by Crippen LogP contribution is 2.07. The van der Waals surface area contributed by atoms with Gasteiger partial charge >= 0.3 is 6.09 Å². The fourth-order valence-corrected chi connectivity index (χ4v) is 2.83. The van der Waals surface area contributed by atoms with E-state index in [0.29, 0.717) is 6.42 Å². The van der Waals surface area contributed by atoms with Crippen LogP contribution in [0.5, 0.6) is 0 Å². The van der Waals surface area contributed by atoms with E-state index in [-0.39, 0.29) is 25.6 Å². The monoisotopic (exact) mass is 480 g/mol. The lowest BCUT2D eigenvalue weighted by molar-refractivity contribution is -0.132. The lowest BCUT2D eigenvalue weighted by Gasteiger charge is -2.22. The number of nitrogens with one attached hydrogen (secondary N) is 4. The van der Waals surface area contributed by atoms with Crippen molar-refractivity contribution in [1.82, 2.24) is 21.3 Å². The molecule has 190 valence electrons. The number of benzene rings is 1. The number of carbonyl (C=O) groups is 4. The van der Waals surface area contributed by atoms with E-state index in [0.717, 1.165) is 5.56 Å². The smallest absolute Gasteiger partial charge is 0.408 e. The minimum atomic E-state index is -0.928. The zero-order valence-corrected chi connectivity index (χ0v) is 20.4. The molecule has 0 aliphatic rings. The van der Waals surface area contributed by atoms with Gasteiger partial charge in [0.05, 0.1) is 13.1 Å². The Morgan fingerprint density at radius 1 is 0.882 bits per heavy atom. The molecule has 0 aliphatic heterocycles. The molecular formula is C23H36N4O7. The molecular weight excluding hydrogens is 444 g/mol. The molecule has 4 amide bonds. The van der Waals surface area contributed by atoms with Crippen LogP contribution in [0.3, 0.4) is 0 Å². The van der Waals surface area contributed by atoms with Crippen LogP contribution in [-0.2, 0) is 35.2 Å². The summed E-state index contributed by atoms with van der Waals surface area (Å²) in [6.07, 6.45) is -0.977. The minimum Gasteiger partial charge on any atom is -0.445 e. The highest BCUT2D eigenvalue weighted by molar-refractivity contribution is 5.92. The SMILES string of the molecule is COC(CNC(=O)CNC(=O)[C@H](C)NC(=O)[C@H](CC(C)C)NC(=O)OCc1ccccc1)OC. The highest BCUT2D eigenvalue weighted by atomic mass is 16.7. The molecule has 1 aromatic carbocycles. The Morgan fingerprint density at radius 3 is 2.12 bits per heavy atom. The van der Waals surface area contributed by atoms with E-state index >= 15 is 0 Å². The highest BCUT2D eigenvalue weighted by Gasteiger charge is 2.26. The average molecular weight is 481 g/mol. The first kappa shape index (κ1) is 28.9. The fraction of sp³-hybridized carbons (Fsp3) is 0.565. The summed E-state index contributed by atoms with van der Waals surface area (Å²) >= 11 is 0. The molecule has 11 heteroatoms. The van der Waals surface area contributed by atoms with Crippen LogP contribution in [0.2, 0.25) is 0 Å². The molecule has 4 N–H and O–H groups in total. The van der Waals surface area contributed by atoms with Crippen molar-refractivity contribution in [3.63, 3.8) is 0 Å². The van der Waals surface area contributed by atoms with Crippen molar-refractivity contribution in [2.45, 2.75) is 52.2 Å². The van der Waals surface area contributed by atoms with Crippen LogP contribution in [0.15, 0.2) is 30.3 Å². The van der Waals surface area contributed by atoms with Crippen LogP contribution in [0, 0.1) is 5.92 Å². The summed E-state index contributed by atoms with van der Waals surface area (Å²) in [6.45, 7) is 5.21. The first-order chi connectivity index (χ1) is 16.2. The number of carbonyl (C=O) groups excluding carboxylic acids is 4. The number of methoxy groups -OCH3 is 2.